The van der Waals surface area contributed by atoms with Crippen LogP contribution in [0.25, 0.3) is 0 Å². The van der Waals surface area contributed by atoms with Crippen molar-refractivity contribution in [3.8, 4) is 5.75 Å². The molecule has 6 heteroatoms. The van der Waals surface area contributed by atoms with Crippen molar-refractivity contribution >= 4 is 34.0 Å². The molecule has 2 aromatic carbocycles. The Labute approximate surface area is 180 Å². The fraction of sp³-hybridized carbons (Fsp3) is 0.304. The summed E-state index contributed by atoms with van der Waals surface area (Å²) in [6, 6.07) is 13.8. The average Bonchev–Trinajstić information content (AvgIpc) is 3.06. The van der Waals surface area contributed by atoms with Crippen molar-refractivity contribution in [2.75, 3.05) is 11.9 Å². The molecule has 0 saturated heterocycles. The van der Waals surface area contributed by atoms with E-state index in [0.717, 1.165) is 28.2 Å². The van der Waals surface area contributed by atoms with Gasteiger partial charge in [0.1, 0.15) is 5.75 Å². The zero-order valence-corrected chi connectivity index (χ0v) is 18.7. The van der Waals surface area contributed by atoms with Gasteiger partial charge in [-0.1, -0.05) is 62.2 Å². The fourth-order valence-corrected chi connectivity index (χ4v) is 4.03. The number of hydrogen-bond donors (Lipinski definition) is 1. The molecule has 1 aromatic heterocycles. The standard InChI is InChI=1S/C23H25ClN2O2S/c1-15-8-9-20(19(10-15)23(2,3)4)28-14-21(27)26-22-25-13-18(29-22)12-16-6-5-7-17(24)11-16/h5-11,13H,12,14H2,1-4H3,(H,25,26,27). The Morgan fingerprint density at radius 2 is 2.00 bits per heavy atom. The zero-order chi connectivity index (χ0) is 21.0. The first-order valence-electron chi connectivity index (χ1n) is 9.43. The second-order valence-electron chi connectivity index (χ2n) is 8.02. The van der Waals surface area contributed by atoms with E-state index in [0.29, 0.717) is 10.2 Å². The van der Waals surface area contributed by atoms with Crippen LogP contribution in [0.3, 0.4) is 0 Å². The van der Waals surface area contributed by atoms with E-state index in [1.54, 1.807) is 6.20 Å². The number of hydrogen-bond acceptors (Lipinski definition) is 4. The second-order valence-corrected chi connectivity index (χ2v) is 9.58. The van der Waals surface area contributed by atoms with Crippen molar-refractivity contribution < 1.29 is 9.53 Å². The van der Waals surface area contributed by atoms with Gasteiger partial charge >= 0.3 is 0 Å². The number of amides is 1. The minimum absolute atomic E-state index is 0.0602. The first kappa shape index (κ1) is 21.3. The van der Waals surface area contributed by atoms with E-state index in [2.05, 4.69) is 44.1 Å². The number of nitrogens with zero attached hydrogens (tertiary/aromatic N) is 1. The van der Waals surface area contributed by atoms with E-state index in [9.17, 15) is 4.79 Å². The lowest BCUT2D eigenvalue weighted by Crippen LogP contribution is -2.22. The summed E-state index contributed by atoms with van der Waals surface area (Å²) in [5.41, 5.74) is 3.30. The van der Waals surface area contributed by atoms with Crippen LogP contribution >= 0.6 is 22.9 Å². The smallest absolute Gasteiger partial charge is 0.264 e. The number of nitrogens with one attached hydrogen (secondary N) is 1. The highest BCUT2D eigenvalue weighted by molar-refractivity contribution is 7.15. The number of thiazole rings is 1. The molecule has 3 rings (SSSR count). The van der Waals surface area contributed by atoms with Crippen molar-refractivity contribution in [3.05, 3.63) is 75.3 Å². The SMILES string of the molecule is Cc1ccc(OCC(=O)Nc2ncc(Cc3cccc(Cl)c3)s2)c(C(C)(C)C)c1. The normalized spacial score (nSPS) is 11.3. The van der Waals surface area contributed by atoms with Gasteiger partial charge in [-0.15, -0.1) is 11.3 Å². The van der Waals surface area contributed by atoms with Gasteiger partial charge in [0, 0.05) is 22.5 Å². The summed E-state index contributed by atoms with van der Waals surface area (Å²) in [7, 11) is 0. The maximum Gasteiger partial charge on any atom is 0.264 e. The Kier molecular flexibility index (Phi) is 6.60. The largest absolute Gasteiger partial charge is 0.483 e. The number of aromatic nitrogens is 1. The molecule has 0 spiro atoms. The highest BCUT2D eigenvalue weighted by Crippen LogP contribution is 2.32. The van der Waals surface area contributed by atoms with Crippen LogP contribution in [0, 0.1) is 6.92 Å². The molecule has 0 aliphatic heterocycles. The van der Waals surface area contributed by atoms with Crippen LogP contribution in [-0.4, -0.2) is 17.5 Å². The number of anilines is 1. The summed E-state index contributed by atoms with van der Waals surface area (Å²) in [5, 5.41) is 4.09. The summed E-state index contributed by atoms with van der Waals surface area (Å²) in [5.74, 6) is 0.508. The van der Waals surface area contributed by atoms with Gasteiger partial charge in [0.2, 0.25) is 0 Å². The van der Waals surface area contributed by atoms with Gasteiger partial charge in [0.15, 0.2) is 11.7 Å². The number of halogens is 1. The van der Waals surface area contributed by atoms with Crippen LogP contribution in [0.2, 0.25) is 5.02 Å². The van der Waals surface area contributed by atoms with Crippen molar-refractivity contribution in [2.45, 2.75) is 39.5 Å². The Balaban J connectivity index is 1.59. The third kappa shape index (κ3) is 6.05. The minimum atomic E-state index is -0.228. The molecule has 1 N–H and O–H groups in total. The monoisotopic (exact) mass is 428 g/mol. The summed E-state index contributed by atoms with van der Waals surface area (Å²) in [6.45, 7) is 8.38. The second kappa shape index (κ2) is 8.97. The number of benzene rings is 2. The minimum Gasteiger partial charge on any atom is -0.483 e. The third-order valence-corrected chi connectivity index (χ3v) is 5.52. The molecule has 1 amide bonds. The van der Waals surface area contributed by atoms with E-state index in [1.807, 2.05) is 36.4 Å². The van der Waals surface area contributed by atoms with Gasteiger partial charge in [-0.25, -0.2) is 4.98 Å². The quantitative estimate of drug-likeness (QED) is 0.523. The maximum atomic E-state index is 12.3. The molecule has 0 aliphatic carbocycles. The molecule has 0 bridgehead atoms. The van der Waals surface area contributed by atoms with Crippen LogP contribution < -0.4 is 10.1 Å². The topological polar surface area (TPSA) is 51.2 Å². The van der Waals surface area contributed by atoms with Crippen LogP contribution in [0.5, 0.6) is 5.75 Å². The van der Waals surface area contributed by atoms with Gasteiger partial charge < -0.3 is 4.74 Å². The first-order valence-corrected chi connectivity index (χ1v) is 10.6. The number of carbonyl (C=O) groups is 1. The summed E-state index contributed by atoms with van der Waals surface area (Å²) in [6.07, 6.45) is 2.50. The van der Waals surface area contributed by atoms with Gasteiger partial charge in [0.05, 0.1) is 0 Å². The maximum absolute atomic E-state index is 12.3. The van der Waals surface area contributed by atoms with Crippen molar-refractivity contribution in [1.29, 1.82) is 0 Å². The van der Waals surface area contributed by atoms with Crippen LogP contribution in [0.1, 0.15) is 42.3 Å². The number of rotatable bonds is 6. The molecule has 0 unspecified atom stereocenters. The summed E-state index contributed by atoms with van der Waals surface area (Å²) < 4.78 is 5.82. The van der Waals surface area contributed by atoms with Crippen molar-refractivity contribution in [2.24, 2.45) is 0 Å². The van der Waals surface area contributed by atoms with Crippen LogP contribution in [0.15, 0.2) is 48.7 Å². The third-order valence-electron chi connectivity index (χ3n) is 4.37. The van der Waals surface area contributed by atoms with E-state index in [-0.39, 0.29) is 17.9 Å². The van der Waals surface area contributed by atoms with Crippen LogP contribution in [-0.2, 0) is 16.6 Å². The Hall–Kier alpha value is -2.37. The molecule has 0 atom stereocenters. The lowest BCUT2D eigenvalue weighted by molar-refractivity contribution is -0.118. The fourth-order valence-electron chi connectivity index (χ4n) is 2.95. The Morgan fingerprint density at radius 1 is 1.21 bits per heavy atom. The highest BCUT2D eigenvalue weighted by Gasteiger charge is 2.20. The van der Waals surface area contributed by atoms with Crippen molar-refractivity contribution in [1.82, 2.24) is 4.98 Å². The molecule has 0 saturated carbocycles. The molecule has 152 valence electrons. The van der Waals surface area contributed by atoms with E-state index >= 15 is 0 Å². The Morgan fingerprint density at radius 3 is 2.72 bits per heavy atom. The van der Waals surface area contributed by atoms with Gasteiger partial charge in [-0.2, -0.15) is 0 Å². The molecule has 29 heavy (non-hydrogen) atoms. The molecule has 1 heterocycles. The lowest BCUT2D eigenvalue weighted by atomic mass is 9.85. The molecule has 0 radical (unpaired) electrons. The molecule has 0 fully saturated rings. The first-order chi connectivity index (χ1) is 13.7. The van der Waals surface area contributed by atoms with Gasteiger partial charge in [0.25, 0.3) is 5.91 Å². The summed E-state index contributed by atoms with van der Waals surface area (Å²) in [4.78, 5) is 17.7. The predicted molar refractivity (Wildman–Crippen MR) is 120 cm³/mol. The zero-order valence-electron chi connectivity index (χ0n) is 17.1. The highest BCUT2D eigenvalue weighted by atomic mass is 35.5. The lowest BCUT2D eigenvalue weighted by Gasteiger charge is -2.23. The van der Waals surface area contributed by atoms with E-state index in [4.69, 9.17) is 16.3 Å². The van der Waals surface area contributed by atoms with E-state index in [1.165, 1.54) is 16.9 Å². The van der Waals surface area contributed by atoms with Crippen LogP contribution in [0.4, 0.5) is 5.13 Å². The number of ether oxygens (including phenoxy) is 1. The van der Waals surface area contributed by atoms with Crippen molar-refractivity contribution in [3.63, 3.8) is 0 Å². The van der Waals surface area contributed by atoms with Gasteiger partial charge in [-0.05, 0) is 41.7 Å². The molecular formula is C23H25ClN2O2S. The predicted octanol–water partition coefficient (Wildman–Crippen LogP) is 6.01. The van der Waals surface area contributed by atoms with Gasteiger partial charge in [-0.3, -0.25) is 10.1 Å². The molecular weight excluding hydrogens is 404 g/mol. The summed E-state index contributed by atoms with van der Waals surface area (Å²) >= 11 is 7.49. The van der Waals surface area contributed by atoms with E-state index < -0.39 is 0 Å². The number of aryl methyl sites for hydroxylation is 1. The Bertz CT molecular complexity index is 1010. The number of carbonyl (C=O) groups excluding carboxylic acids is 1. The molecule has 0 aliphatic rings. The molecule has 4 nitrogen and oxygen atoms in total. The molecule has 3 aromatic rings. The average molecular weight is 429 g/mol.